The van der Waals surface area contributed by atoms with Crippen LogP contribution < -0.4 is 15.0 Å². The molecule has 0 spiro atoms. The molecule has 2 heterocycles. The lowest BCUT2D eigenvalue weighted by Crippen LogP contribution is -2.25. The van der Waals surface area contributed by atoms with Crippen LogP contribution in [0.2, 0.25) is 0 Å². The minimum absolute atomic E-state index is 0.442. The van der Waals surface area contributed by atoms with Crippen molar-refractivity contribution in [3.63, 3.8) is 0 Å². The Morgan fingerprint density at radius 3 is 2.95 bits per heavy atom. The largest absolute Gasteiger partial charge is 0.480 e. The molecule has 1 aliphatic rings. The molecule has 2 rings (SSSR count). The van der Waals surface area contributed by atoms with Crippen LogP contribution in [-0.4, -0.2) is 45.4 Å². The summed E-state index contributed by atoms with van der Waals surface area (Å²) in [6.45, 7) is 2.71. The maximum atomic E-state index is 5.73. The summed E-state index contributed by atoms with van der Waals surface area (Å²) in [7, 11) is 5.67. The molecule has 0 amide bonds. The van der Waals surface area contributed by atoms with Crippen LogP contribution in [0.15, 0.2) is 0 Å². The van der Waals surface area contributed by atoms with E-state index in [2.05, 4.69) is 10.3 Å². The Balaban J connectivity index is 1.75. The predicted molar refractivity (Wildman–Crippen MR) is 82.9 cm³/mol. The number of methoxy groups -OCH3 is 1. The fraction of sp³-hybridized carbons (Fsp3) is 0.786. The number of ether oxygens (including phenoxy) is 2. The Hall–Kier alpha value is -0.850. The summed E-state index contributed by atoms with van der Waals surface area (Å²) >= 11 is 1.67. The molecular weight excluding hydrogens is 274 g/mol. The maximum absolute atomic E-state index is 5.73. The van der Waals surface area contributed by atoms with E-state index in [1.807, 2.05) is 19.0 Å². The van der Waals surface area contributed by atoms with Gasteiger partial charge in [-0.3, -0.25) is 0 Å². The topological polar surface area (TPSA) is 46.6 Å². The first kappa shape index (κ1) is 15.5. The molecule has 0 aromatic carbocycles. The quantitative estimate of drug-likeness (QED) is 0.783. The third-order valence-corrected chi connectivity index (χ3v) is 4.63. The van der Waals surface area contributed by atoms with Gasteiger partial charge < -0.3 is 19.7 Å². The van der Waals surface area contributed by atoms with Gasteiger partial charge in [0.25, 0.3) is 0 Å². The number of anilines is 1. The third kappa shape index (κ3) is 4.33. The van der Waals surface area contributed by atoms with Gasteiger partial charge in [0.2, 0.25) is 5.88 Å². The molecule has 1 saturated heterocycles. The zero-order chi connectivity index (χ0) is 14.4. The number of hydrogen-bond donors (Lipinski definition) is 1. The Kier molecular flexibility index (Phi) is 6.06. The van der Waals surface area contributed by atoms with Crippen molar-refractivity contribution in [1.82, 2.24) is 10.3 Å². The van der Waals surface area contributed by atoms with Gasteiger partial charge >= 0.3 is 0 Å². The zero-order valence-electron chi connectivity index (χ0n) is 12.6. The Bertz CT molecular complexity index is 403. The van der Waals surface area contributed by atoms with E-state index >= 15 is 0 Å². The van der Waals surface area contributed by atoms with Crippen molar-refractivity contribution in [2.75, 3.05) is 39.3 Å². The summed E-state index contributed by atoms with van der Waals surface area (Å²) in [4.78, 5) is 7.61. The van der Waals surface area contributed by atoms with Crippen LogP contribution in [0.3, 0.4) is 0 Å². The van der Waals surface area contributed by atoms with Gasteiger partial charge in [0.15, 0.2) is 5.13 Å². The maximum Gasteiger partial charge on any atom is 0.230 e. The second-order valence-electron chi connectivity index (χ2n) is 5.28. The molecule has 1 atom stereocenters. The average molecular weight is 299 g/mol. The number of thiazole rings is 1. The van der Waals surface area contributed by atoms with E-state index in [-0.39, 0.29) is 0 Å². The number of hydrogen-bond acceptors (Lipinski definition) is 6. The van der Waals surface area contributed by atoms with Crippen LogP contribution in [0, 0.1) is 0 Å². The third-order valence-electron chi connectivity index (χ3n) is 3.43. The summed E-state index contributed by atoms with van der Waals surface area (Å²) in [6.07, 6.45) is 5.25. The smallest absolute Gasteiger partial charge is 0.230 e. The van der Waals surface area contributed by atoms with Gasteiger partial charge in [0.05, 0.1) is 18.1 Å². The molecule has 114 valence electrons. The van der Waals surface area contributed by atoms with Crippen molar-refractivity contribution in [2.24, 2.45) is 0 Å². The Labute approximate surface area is 125 Å². The highest BCUT2D eigenvalue weighted by atomic mass is 32.1. The molecule has 1 aromatic rings. The van der Waals surface area contributed by atoms with Crippen LogP contribution in [0.5, 0.6) is 5.88 Å². The van der Waals surface area contributed by atoms with E-state index in [1.54, 1.807) is 18.4 Å². The lowest BCUT2D eigenvalue weighted by Gasteiger charge is -2.22. The fourth-order valence-corrected chi connectivity index (χ4v) is 3.21. The molecule has 0 aliphatic carbocycles. The van der Waals surface area contributed by atoms with Gasteiger partial charge in [-0.15, -0.1) is 0 Å². The van der Waals surface area contributed by atoms with Crippen LogP contribution in [0.25, 0.3) is 0 Å². The molecule has 1 fully saturated rings. The van der Waals surface area contributed by atoms with Crippen molar-refractivity contribution in [3.05, 3.63) is 4.88 Å². The minimum Gasteiger partial charge on any atom is -0.480 e. The molecule has 20 heavy (non-hydrogen) atoms. The van der Waals surface area contributed by atoms with E-state index in [0.717, 1.165) is 42.0 Å². The summed E-state index contributed by atoms with van der Waals surface area (Å²) in [5.74, 6) is 0.736. The van der Waals surface area contributed by atoms with Crippen LogP contribution >= 0.6 is 11.3 Å². The highest BCUT2D eigenvalue weighted by Crippen LogP contribution is 2.30. The first-order chi connectivity index (χ1) is 9.70. The summed E-state index contributed by atoms with van der Waals surface area (Å²) in [5, 5.41) is 4.45. The molecule has 1 unspecified atom stereocenters. The fourth-order valence-electron chi connectivity index (χ4n) is 2.29. The van der Waals surface area contributed by atoms with E-state index < -0.39 is 0 Å². The molecule has 6 heteroatoms. The van der Waals surface area contributed by atoms with Gasteiger partial charge in [0, 0.05) is 27.2 Å². The number of aromatic nitrogens is 1. The number of nitrogens with zero attached hydrogens (tertiary/aromatic N) is 2. The van der Waals surface area contributed by atoms with Crippen molar-refractivity contribution in [3.8, 4) is 5.88 Å². The van der Waals surface area contributed by atoms with E-state index in [9.17, 15) is 0 Å². The molecule has 1 N–H and O–H groups in total. The van der Waals surface area contributed by atoms with Crippen molar-refractivity contribution in [1.29, 1.82) is 0 Å². The Morgan fingerprint density at radius 1 is 1.45 bits per heavy atom. The molecule has 0 bridgehead atoms. The minimum atomic E-state index is 0.442. The first-order valence-corrected chi connectivity index (χ1v) is 8.05. The van der Waals surface area contributed by atoms with Crippen molar-refractivity contribution >= 4 is 16.5 Å². The summed E-state index contributed by atoms with van der Waals surface area (Å²) in [5.41, 5.74) is 0. The summed E-state index contributed by atoms with van der Waals surface area (Å²) in [6, 6.07) is 0. The van der Waals surface area contributed by atoms with Crippen LogP contribution in [-0.2, 0) is 11.3 Å². The van der Waals surface area contributed by atoms with E-state index in [0.29, 0.717) is 6.10 Å². The second kappa shape index (κ2) is 7.81. The van der Waals surface area contributed by atoms with Gasteiger partial charge in [-0.25, -0.2) is 0 Å². The second-order valence-corrected chi connectivity index (χ2v) is 6.34. The number of rotatable bonds is 7. The molecule has 1 aromatic heterocycles. The summed E-state index contributed by atoms with van der Waals surface area (Å²) < 4.78 is 11.1. The molecule has 5 nitrogen and oxygen atoms in total. The van der Waals surface area contributed by atoms with E-state index in [1.165, 1.54) is 19.3 Å². The van der Waals surface area contributed by atoms with Gasteiger partial charge in [-0.1, -0.05) is 11.3 Å². The zero-order valence-corrected chi connectivity index (χ0v) is 13.5. The lowest BCUT2D eigenvalue weighted by atomic mass is 10.1. The number of nitrogens with one attached hydrogen (secondary N) is 1. The Morgan fingerprint density at radius 2 is 2.30 bits per heavy atom. The normalized spacial score (nSPS) is 19.1. The van der Waals surface area contributed by atoms with Gasteiger partial charge in [-0.05, 0) is 32.2 Å². The molecule has 0 radical (unpaired) electrons. The predicted octanol–water partition coefficient (Wildman–Crippen LogP) is 2.27. The van der Waals surface area contributed by atoms with Crippen molar-refractivity contribution in [2.45, 2.75) is 38.3 Å². The van der Waals surface area contributed by atoms with Crippen molar-refractivity contribution < 1.29 is 9.47 Å². The molecular formula is C14H25N3O2S. The molecule has 0 saturated carbocycles. The van der Waals surface area contributed by atoms with Crippen LogP contribution in [0.4, 0.5) is 5.13 Å². The lowest BCUT2D eigenvalue weighted by molar-refractivity contribution is 0.0115. The highest BCUT2D eigenvalue weighted by molar-refractivity contribution is 7.15. The van der Waals surface area contributed by atoms with Crippen LogP contribution in [0.1, 0.15) is 30.6 Å². The van der Waals surface area contributed by atoms with E-state index in [4.69, 9.17) is 9.47 Å². The standard InChI is InChI=1S/C14H25N3O2S/c1-17(2)14-16-13(18-3)12(20-14)10-15-8-7-11-6-4-5-9-19-11/h11,15H,4-10H2,1-3H3. The first-order valence-electron chi connectivity index (χ1n) is 7.24. The van der Waals surface area contributed by atoms with Gasteiger partial charge in [0.1, 0.15) is 0 Å². The molecule has 1 aliphatic heterocycles. The SMILES string of the molecule is COc1nc(N(C)C)sc1CNCCC1CCCCO1. The monoisotopic (exact) mass is 299 g/mol. The highest BCUT2D eigenvalue weighted by Gasteiger charge is 2.15. The average Bonchev–Trinajstić information content (AvgIpc) is 2.88. The van der Waals surface area contributed by atoms with Gasteiger partial charge in [-0.2, -0.15) is 4.98 Å².